The molecule has 1 N–H and O–H groups in total. The molecule has 0 radical (unpaired) electrons. The van der Waals surface area contributed by atoms with Gasteiger partial charge in [-0.05, 0) is 64.7 Å². The van der Waals surface area contributed by atoms with Crippen molar-refractivity contribution in [2.75, 3.05) is 0 Å². The van der Waals surface area contributed by atoms with Crippen molar-refractivity contribution in [2.24, 2.45) is 5.92 Å². The van der Waals surface area contributed by atoms with Crippen LogP contribution in [0.25, 0.3) is 0 Å². The Morgan fingerprint density at radius 2 is 1.53 bits per heavy atom. The molecule has 0 bridgehead atoms. The molecule has 1 rings (SSSR count). The van der Waals surface area contributed by atoms with E-state index in [0.717, 1.165) is 64.2 Å². The molecule has 30 heavy (non-hydrogen) atoms. The number of hydrogen-bond donors (Lipinski definition) is 1. The summed E-state index contributed by atoms with van der Waals surface area (Å²) < 4.78 is 0. The Labute approximate surface area is 189 Å². The molecule has 2 atom stereocenters. The molecule has 1 fully saturated rings. The van der Waals surface area contributed by atoms with Crippen LogP contribution in [0.3, 0.4) is 0 Å². The predicted molar refractivity (Wildman–Crippen MR) is 133 cm³/mol. The maximum atomic E-state index is 11.7. The number of carbonyl (C=O) groups is 2. The van der Waals surface area contributed by atoms with Crippen LogP contribution in [0.2, 0.25) is 0 Å². The fourth-order valence-corrected chi connectivity index (χ4v) is 3.36. The van der Waals surface area contributed by atoms with Gasteiger partial charge in [-0.2, -0.15) is 0 Å². The molecule has 0 aliphatic heterocycles. The third-order valence-corrected chi connectivity index (χ3v) is 5.04. The first-order valence-electron chi connectivity index (χ1n) is 12.8. The lowest BCUT2D eigenvalue weighted by Crippen LogP contribution is -2.04. The van der Waals surface area contributed by atoms with Crippen LogP contribution in [0.4, 0.5) is 0 Å². The van der Waals surface area contributed by atoms with E-state index in [1.807, 2.05) is 40.7 Å². The number of unbranched alkanes of at least 4 members (excludes halogenated alkanes) is 5. The second kappa shape index (κ2) is 28.0. The number of aliphatic hydroxyl groups is 1. The van der Waals surface area contributed by atoms with Crippen molar-refractivity contribution in [2.45, 2.75) is 144 Å². The zero-order valence-electron chi connectivity index (χ0n) is 21.5. The molecule has 1 saturated carbocycles. The van der Waals surface area contributed by atoms with E-state index in [-0.39, 0.29) is 6.10 Å². The molecule has 1 unspecified atom stereocenters. The van der Waals surface area contributed by atoms with Crippen LogP contribution >= 0.6 is 0 Å². The number of ketones is 2. The van der Waals surface area contributed by atoms with Gasteiger partial charge in [0.2, 0.25) is 0 Å². The van der Waals surface area contributed by atoms with Gasteiger partial charge in [0.1, 0.15) is 11.6 Å². The molecular weight excluding hydrogens is 372 g/mol. The minimum Gasteiger partial charge on any atom is -0.393 e. The third kappa shape index (κ3) is 27.0. The average molecular weight is 427 g/mol. The van der Waals surface area contributed by atoms with E-state index in [1.54, 1.807) is 6.92 Å². The molecule has 3 heteroatoms. The first kappa shape index (κ1) is 33.7. The molecule has 1 aliphatic carbocycles. The van der Waals surface area contributed by atoms with Crippen molar-refractivity contribution in [3.05, 3.63) is 12.2 Å². The zero-order chi connectivity index (χ0) is 23.6. The maximum Gasteiger partial charge on any atom is 0.132 e. The maximum absolute atomic E-state index is 11.7. The summed E-state index contributed by atoms with van der Waals surface area (Å²) in [6, 6.07) is 0. The van der Waals surface area contributed by atoms with Crippen LogP contribution in [0.15, 0.2) is 12.2 Å². The number of allylic oxidation sites excluding steroid dienone is 2. The molecular formula is C27H54O3. The molecule has 180 valence electrons. The van der Waals surface area contributed by atoms with Gasteiger partial charge in [-0.1, -0.05) is 72.5 Å². The van der Waals surface area contributed by atoms with E-state index >= 15 is 0 Å². The normalized spacial score (nSPS) is 17.2. The first-order chi connectivity index (χ1) is 14.5. The molecule has 0 saturated heterocycles. The van der Waals surface area contributed by atoms with Gasteiger partial charge in [0.05, 0.1) is 6.10 Å². The fourth-order valence-electron chi connectivity index (χ4n) is 3.36. The van der Waals surface area contributed by atoms with Gasteiger partial charge in [0.25, 0.3) is 0 Å². The van der Waals surface area contributed by atoms with Crippen LogP contribution in [-0.4, -0.2) is 22.8 Å². The first-order valence-corrected chi connectivity index (χ1v) is 12.8. The molecule has 0 aromatic heterocycles. The van der Waals surface area contributed by atoms with Gasteiger partial charge in [0, 0.05) is 19.3 Å². The molecule has 0 spiro atoms. The van der Waals surface area contributed by atoms with Gasteiger partial charge in [-0.15, -0.1) is 0 Å². The van der Waals surface area contributed by atoms with E-state index in [4.69, 9.17) is 0 Å². The van der Waals surface area contributed by atoms with Gasteiger partial charge < -0.3 is 9.90 Å². The Balaban J connectivity index is -0.000000475. The standard InChI is InChI=1S/C15H28O2.C8H14O.2C2H6/c1-2-3-4-5-6-7-14(16)10-8-13-9-11-15(17)12-13;1-3-4-5-6-7-8(2)9;2*1-2/h13,15,17H,2-12H2,1H3;3-4H,5-7H2,1-2H3;2*1-2H3/b;4-3-;;/t13?,15-;;;/m0.../s1. The van der Waals surface area contributed by atoms with Crippen molar-refractivity contribution >= 4 is 11.6 Å². The minimum atomic E-state index is -0.0934. The molecule has 0 amide bonds. The van der Waals surface area contributed by atoms with Crippen LogP contribution in [-0.2, 0) is 9.59 Å². The number of aliphatic hydroxyl groups excluding tert-OH is 1. The summed E-state index contributed by atoms with van der Waals surface area (Å²) in [5, 5.41) is 9.40. The summed E-state index contributed by atoms with van der Waals surface area (Å²) in [5.74, 6) is 1.33. The van der Waals surface area contributed by atoms with Gasteiger partial charge in [-0.25, -0.2) is 0 Å². The monoisotopic (exact) mass is 426 g/mol. The Hall–Kier alpha value is -0.960. The number of carbonyl (C=O) groups excluding carboxylic acids is 2. The highest BCUT2D eigenvalue weighted by Gasteiger charge is 2.22. The molecule has 3 nitrogen and oxygen atoms in total. The van der Waals surface area contributed by atoms with Gasteiger partial charge in [-0.3, -0.25) is 4.79 Å². The van der Waals surface area contributed by atoms with Crippen LogP contribution in [0.5, 0.6) is 0 Å². The third-order valence-electron chi connectivity index (χ3n) is 5.04. The van der Waals surface area contributed by atoms with Crippen LogP contribution < -0.4 is 0 Å². The molecule has 0 aromatic rings. The number of Topliss-reactive ketones (excluding diaryl/α,β-unsaturated/α-hetero) is 2. The highest BCUT2D eigenvalue weighted by atomic mass is 16.3. The topological polar surface area (TPSA) is 54.4 Å². The van der Waals surface area contributed by atoms with Crippen molar-refractivity contribution in [3.8, 4) is 0 Å². The second-order valence-electron chi connectivity index (χ2n) is 7.74. The Kier molecular flexibility index (Phi) is 31.5. The average Bonchev–Trinajstić information content (AvgIpc) is 3.18. The van der Waals surface area contributed by atoms with Crippen LogP contribution in [0.1, 0.15) is 138 Å². The number of rotatable bonds is 13. The Morgan fingerprint density at radius 3 is 2.03 bits per heavy atom. The van der Waals surface area contributed by atoms with Gasteiger partial charge in [0.15, 0.2) is 0 Å². The quantitative estimate of drug-likeness (QED) is 0.238. The van der Waals surface area contributed by atoms with Crippen molar-refractivity contribution in [1.82, 2.24) is 0 Å². The largest absolute Gasteiger partial charge is 0.393 e. The highest BCUT2D eigenvalue weighted by Crippen LogP contribution is 2.29. The van der Waals surface area contributed by atoms with Gasteiger partial charge >= 0.3 is 0 Å². The highest BCUT2D eigenvalue weighted by molar-refractivity contribution is 5.78. The molecule has 1 aliphatic rings. The summed E-state index contributed by atoms with van der Waals surface area (Å²) in [6.07, 6.45) is 18.4. The van der Waals surface area contributed by atoms with Crippen LogP contribution in [0, 0.1) is 5.92 Å². The summed E-state index contributed by atoms with van der Waals surface area (Å²) in [5.41, 5.74) is 0. The van der Waals surface area contributed by atoms with E-state index in [1.165, 1.54) is 25.7 Å². The Morgan fingerprint density at radius 1 is 0.900 bits per heavy atom. The fraction of sp³-hybridized carbons (Fsp3) is 0.852. The lowest BCUT2D eigenvalue weighted by atomic mass is 9.98. The molecule has 0 heterocycles. The summed E-state index contributed by atoms with van der Waals surface area (Å²) >= 11 is 0. The minimum absolute atomic E-state index is 0.0934. The summed E-state index contributed by atoms with van der Waals surface area (Å²) in [7, 11) is 0. The second-order valence-corrected chi connectivity index (χ2v) is 7.74. The zero-order valence-corrected chi connectivity index (χ0v) is 21.5. The van der Waals surface area contributed by atoms with E-state index in [0.29, 0.717) is 17.5 Å². The Bertz CT molecular complexity index is 388. The van der Waals surface area contributed by atoms with E-state index in [9.17, 15) is 14.7 Å². The summed E-state index contributed by atoms with van der Waals surface area (Å²) in [6.45, 7) is 13.8. The van der Waals surface area contributed by atoms with E-state index < -0.39 is 0 Å². The van der Waals surface area contributed by atoms with Crippen molar-refractivity contribution < 1.29 is 14.7 Å². The SMILES string of the molecule is C/C=C\CCCC(C)=O.CC.CC.CCCCCCCC(=O)CCC1CC[C@H](O)C1. The lowest BCUT2D eigenvalue weighted by Gasteiger charge is -2.08. The predicted octanol–water partition coefficient (Wildman–Crippen LogP) is 8.23. The number of hydrogen-bond acceptors (Lipinski definition) is 3. The van der Waals surface area contributed by atoms with Crippen molar-refractivity contribution in [3.63, 3.8) is 0 Å². The lowest BCUT2D eigenvalue weighted by molar-refractivity contribution is -0.119. The van der Waals surface area contributed by atoms with E-state index in [2.05, 4.69) is 13.0 Å². The smallest absolute Gasteiger partial charge is 0.132 e. The molecule has 0 aromatic carbocycles. The summed E-state index contributed by atoms with van der Waals surface area (Å²) in [4.78, 5) is 22.0. The van der Waals surface area contributed by atoms with Crippen molar-refractivity contribution in [1.29, 1.82) is 0 Å².